The van der Waals surface area contributed by atoms with Crippen LogP contribution in [-0.4, -0.2) is 50.2 Å². The number of piperazine rings is 1. The van der Waals surface area contributed by atoms with Gasteiger partial charge in [-0.2, -0.15) is 0 Å². The molecule has 1 aliphatic heterocycles. The molecule has 3 rings (SSSR count). The van der Waals surface area contributed by atoms with Crippen molar-refractivity contribution in [2.75, 3.05) is 44.7 Å². The van der Waals surface area contributed by atoms with Crippen LogP contribution in [0.3, 0.4) is 0 Å². The number of aromatic nitrogens is 1. The smallest absolute Gasteiger partial charge is 0.218 e. The van der Waals surface area contributed by atoms with E-state index in [1.54, 1.807) is 7.11 Å². The SMILES string of the molecule is C=CCn1c(C)cc(C(=O)C[NH+]2CCN(c3ccc(OC)cc3)CC2)c1C. The zero-order chi connectivity index (χ0) is 19.4. The normalized spacial score (nSPS) is 15.0. The zero-order valence-electron chi connectivity index (χ0n) is 16.6. The van der Waals surface area contributed by atoms with E-state index in [1.165, 1.54) is 10.6 Å². The fourth-order valence-corrected chi connectivity index (χ4v) is 3.87. The summed E-state index contributed by atoms with van der Waals surface area (Å²) < 4.78 is 7.38. The molecule has 5 nitrogen and oxygen atoms in total. The number of nitrogens with zero attached hydrogens (tertiary/aromatic N) is 2. The molecule has 0 unspecified atom stereocenters. The first-order valence-corrected chi connectivity index (χ1v) is 9.57. The minimum atomic E-state index is 0.242. The summed E-state index contributed by atoms with van der Waals surface area (Å²) in [5, 5.41) is 0. The molecule has 27 heavy (non-hydrogen) atoms. The minimum Gasteiger partial charge on any atom is -0.497 e. The lowest BCUT2D eigenvalue weighted by Gasteiger charge is -2.33. The van der Waals surface area contributed by atoms with Gasteiger partial charge in [0.05, 0.1) is 33.3 Å². The Morgan fingerprint density at radius 2 is 1.89 bits per heavy atom. The highest BCUT2D eigenvalue weighted by molar-refractivity contribution is 5.98. The van der Waals surface area contributed by atoms with E-state index in [-0.39, 0.29) is 5.78 Å². The first-order valence-electron chi connectivity index (χ1n) is 9.57. The van der Waals surface area contributed by atoms with Gasteiger partial charge in [0.2, 0.25) is 5.78 Å². The molecule has 1 saturated heterocycles. The number of methoxy groups -OCH3 is 1. The maximum absolute atomic E-state index is 12.8. The largest absolute Gasteiger partial charge is 0.497 e. The van der Waals surface area contributed by atoms with E-state index in [9.17, 15) is 4.79 Å². The van der Waals surface area contributed by atoms with Crippen molar-refractivity contribution >= 4 is 11.5 Å². The van der Waals surface area contributed by atoms with Crippen molar-refractivity contribution < 1.29 is 14.4 Å². The lowest BCUT2D eigenvalue weighted by molar-refractivity contribution is -0.892. The van der Waals surface area contributed by atoms with Crippen LogP contribution in [0, 0.1) is 13.8 Å². The van der Waals surface area contributed by atoms with Gasteiger partial charge in [0.1, 0.15) is 12.3 Å². The Balaban J connectivity index is 1.58. The van der Waals surface area contributed by atoms with E-state index in [2.05, 4.69) is 28.2 Å². The summed E-state index contributed by atoms with van der Waals surface area (Å²) in [5.74, 6) is 1.12. The predicted molar refractivity (Wildman–Crippen MR) is 109 cm³/mol. The molecule has 0 amide bonds. The highest BCUT2D eigenvalue weighted by Crippen LogP contribution is 2.19. The summed E-state index contributed by atoms with van der Waals surface area (Å²) in [6, 6.07) is 10.2. The number of anilines is 1. The van der Waals surface area contributed by atoms with Gasteiger partial charge >= 0.3 is 0 Å². The topological polar surface area (TPSA) is 38.9 Å². The summed E-state index contributed by atoms with van der Waals surface area (Å²) in [6.45, 7) is 13.1. The number of allylic oxidation sites excluding steroid dienone is 1. The molecular formula is C22H30N3O2+. The molecule has 2 aromatic rings. The number of ketones is 1. The molecule has 144 valence electrons. The number of ether oxygens (including phenoxy) is 1. The Bertz CT molecular complexity index is 800. The zero-order valence-corrected chi connectivity index (χ0v) is 16.6. The second kappa shape index (κ2) is 8.44. The van der Waals surface area contributed by atoms with Crippen LogP contribution in [0.2, 0.25) is 0 Å². The van der Waals surface area contributed by atoms with Crippen LogP contribution in [0.15, 0.2) is 43.0 Å². The van der Waals surface area contributed by atoms with Crippen LogP contribution in [0.1, 0.15) is 21.7 Å². The highest BCUT2D eigenvalue weighted by atomic mass is 16.5. The molecule has 0 saturated carbocycles. The Kier molecular flexibility index (Phi) is 6.01. The maximum atomic E-state index is 12.8. The molecule has 1 N–H and O–H groups in total. The lowest BCUT2D eigenvalue weighted by Crippen LogP contribution is -3.15. The molecule has 0 aliphatic carbocycles. The number of Topliss-reactive ketones (excluding diaryl/α,β-unsaturated/α-hetero) is 1. The molecule has 0 radical (unpaired) electrons. The Morgan fingerprint density at radius 1 is 1.22 bits per heavy atom. The predicted octanol–water partition coefficient (Wildman–Crippen LogP) is 1.89. The number of aryl methyl sites for hydroxylation is 1. The van der Waals surface area contributed by atoms with E-state index in [0.29, 0.717) is 6.54 Å². The van der Waals surface area contributed by atoms with Gasteiger partial charge in [-0.1, -0.05) is 6.08 Å². The molecular weight excluding hydrogens is 338 g/mol. The maximum Gasteiger partial charge on any atom is 0.218 e. The van der Waals surface area contributed by atoms with E-state index >= 15 is 0 Å². The molecule has 0 atom stereocenters. The molecule has 5 heteroatoms. The number of benzene rings is 1. The molecule has 1 aliphatic rings. The van der Waals surface area contributed by atoms with Crippen LogP contribution < -0.4 is 14.5 Å². The van der Waals surface area contributed by atoms with E-state index in [0.717, 1.165) is 55.4 Å². The lowest BCUT2D eigenvalue weighted by atomic mass is 10.1. The summed E-state index contributed by atoms with van der Waals surface area (Å²) in [5.41, 5.74) is 4.25. The van der Waals surface area contributed by atoms with Crippen LogP contribution in [-0.2, 0) is 6.54 Å². The third-order valence-electron chi connectivity index (χ3n) is 5.50. The van der Waals surface area contributed by atoms with Gasteiger partial charge in [-0.05, 0) is 44.2 Å². The number of hydrogen-bond donors (Lipinski definition) is 1. The fourth-order valence-electron chi connectivity index (χ4n) is 3.87. The number of carbonyl (C=O) groups is 1. The third kappa shape index (κ3) is 4.25. The van der Waals surface area contributed by atoms with Crippen molar-refractivity contribution in [3.05, 3.63) is 59.9 Å². The number of quaternary nitrogens is 1. The summed E-state index contributed by atoms with van der Waals surface area (Å²) in [4.78, 5) is 16.6. The number of rotatable bonds is 7. The van der Waals surface area contributed by atoms with Crippen molar-refractivity contribution in [1.29, 1.82) is 0 Å². The summed E-state index contributed by atoms with van der Waals surface area (Å²) >= 11 is 0. The molecule has 0 spiro atoms. The second-order valence-electron chi connectivity index (χ2n) is 7.22. The Hall–Kier alpha value is -2.53. The highest BCUT2D eigenvalue weighted by Gasteiger charge is 2.24. The number of hydrogen-bond acceptors (Lipinski definition) is 3. The molecule has 0 bridgehead atoms. The third-order valence-corrected chi connectivity index (χ3v) is 5.50. The molecule has 1 fully saturated rings. The number of nitrogens with one attached hydrogen (secondary N) is 1. The molecule has 1 aromatic carbocycles. The average Bonchev–Trinajstić information content (AvgIpc) is 2.97. The Labute approximate surface area is 161 Å². The second-order valence-corrected chi connectivity index (χ2v) is 7.22. The van der Waals surface area contributed by atoms with Crippen LogP contribution >= 0.6 is 0 Å². The van der Waals surface area contributed by atoms with E-state index in [1.807, 2.05) is 38.1 Å². The standard InChI is InChI=1S/C22H29N3O2/c1-5-10-25-17(2)15-21(18(25)3)22(26)16-23-11-13-24(14-12-23)19-6-8-20(27-4)9-7-19/h5-9,15H,1,10-14,16H2,2-4H3/p+1. The van der Waals surface area contributed by atoms with Gasteiger partial charge < -0.3 is 19.1 Å². The van der Waals surface area contributed by atoms with Gasteiger partial charge in [-0.15, -0.1) is 6.58 Å². The average molecular weight is 369 g/mol. The fraction of sp³-hybridized carbons (Fsp3) is 0.409. The minimum absolute atomic E-state index is 0.242. The van der Waals surface area contributed by atoms with E-state index < -0.39 is 0 Å². The Morgan fingerprint density at radius 3 is 2.48 bits per heavy atom. The number of carbonyl (C=O) groups excluding carboxylic acids is 1. The van der Waals surface area contributed by atoms with Gasteiger partial charge in [0.25, 0.3) is 0 Å². The van der Waals surface area contributed by atoms with Crippen molar-refractivity contribution in [1.82, 2.24) is 4.57 Å². The van der Waals surface area contributed by atoms with Crippen molar-refractivity contribution in [3.8, 4) is 5.75 Å². The van der Waals surface area contributed by atoms with Crippen LogP contribution in [0.5, 0.6) is 5.75 Å². The molecule has 1 aromatic heterocycles. The van der Waals surface area contributed by atoms with Gasteiger partial charge in [-0.25, -0.2) is 0 Å². The van der Waals surface area contributed by atoms with E-state index in [4.69, 9.17) is 4.74 Å². The first kappa shape index (κ1) is 19.2. The van der Waals surface area contributed by atoms with Gasteiger partial charge in [-0.3, -0.25) is 4.79 Å². The molecule has 2 heterocycles. The summed E-state index contributed by atoms with van der Waals surface area (Å²) in [6.07, 6.45) is 1.87. The van der Waals surface area contributed by atoms with Crippen molar-refractivity contribution in [3.63, 3.8) is 0 Å². The van der Waals surface area contributed by atoms with Crippen molar-refractivity contribution in [2.45, 2.75) is 20.4 Å². The quantitative estimate of drug-likeness (QED) is 0.599. The monoisotopic (exact) mass is 368 g/mol. The van der Waals surface area contributed by atoms with Gasteiger partial charge in [0.15, 0.2) is 0 Å². The first-order chi connectivity index (χ1) is 13.0. The van der Waals surface area contributed by atoms with Crippen molar-refractivity contribution in [2.24, 2.45) is 0 Å². The summed E-state index contributed by atoms with van der Waals surface area (Å²) in [7, 11) is 1.68. The van der Waals surface area contributed by atoms with Crippen LogP contribution in [0.4, 0.5) is 5.69 Å². The van der Waals surface area contributed by atoms with Gasteiger partial charge in [0, 0.05) is 29.2 Å². The van der Waals surface area contributed by atoms with Crippen LogP contribution in [0.25, 0.3) is 0 Å².